The maximum atomic E-state index is 12.4. The summed E-state index contributed by atoms with van der Waals surface area (Å²) in [6, 6.07) is 7.79. The highest BCUT2D eigenvalue weighted by atomic mass is 16.5. The molecule has 0 radical (unpaired) electrons. The number of nitrogens with one attached hydrogen (secondary N) is 2. The molecule has 1 aromatic heterocycles. The summed E-state index contributed by atoms with van der Waals surface area (Å²) in [5.41, 5.74) is 0.894. The number of nitrogens with zero attached hydrogens (tertiary/aromatic N) is 2. The van der Waals surface area contributed by atoms with Crippen LogP contribution in [-0.2, 0) is 4.79 Å². The van der Waals surface area contributed by atoms with Crippen molar-refractivity contribution in [3.8, 4) is 11.8 Å². The van der Waals surface area contributed by atoms with Crippen molar-refractivity contribution in [1.29, 1.82) is 0 Å². The van der Waals surface area contributed by atoms with Crippen LogP contribution in [0.4, 0.5) is 5.95 Å². The number of aromatic nitrogens is 3. The Morgan fingerprint density at radius 2 is 2.38 bits per heavy atom. The first-order chi connectivity index (χ1) is 10.3. The lowest BCUT2D eigenvalue weighted by Crippen LogP contribution is -2.26. The van der Waals surface area contributed by atoms with Gasteiger partial charge in [0, 0.05) is 5.56 Å². The van der Waals surface area contributed by atoms with Crippen LogP contribution >= 0.6 is 0 Å². The van der Waals surface area contributed by atoms with E-state index in [0.717, 1.165) is 11.3 Å². The Morgan fingerprint density at radius 1 is 1.52 bits per heavy atom. The van der Waals surface area contributed by atoms with Gasteiger partial charge >= 0.3 is 6.01 Å². The van der Waals surface area contributed by atoms with Gasteiger partial charge in [0.2, 0.25) is 11.9 Å². The zero-order valence-corrected chi connectivity index (χ0v) is 11.6. The molecule has 1 amide bonds. The van der Waals surface area contributed by atoms with Crippen molar-refractivity contribution in [2.75, 3.05) is 18.5 Å². The molecule has 3 rings (SSSR count). The van der Waals surface area contributed by atoms with Gasteiger partial charge in [0.25, 0.3) is 0 Å². The van der Waals surface area contributed by atoms with Crippen LogP contribution in [0.3, 0.4) is 0 Å². The molecule has 7 nitrogen and oxygen atoms in total. The first kappa shape index (κ1) is 13.4. The number of para-hydroxylation sites is 1. The summed E-state index contributed by atoms with van der Waals surface area (Å²) in [7, 11) is 0. The fraction of sp³-hybridized carbons (Fsp3) is 0.357. The number of carbonyl (C=O) groups excluding carboxylic acids is 1. The van der Waals surface area contributed by atoms with Gasteiger partial charge in [-0.25, -0.2) is 5.10 Å². The third-order valence-electron chi connectivity index (χ3n) is 3.25. The Balaban J connectivity index is 1.74. The highest BCUT2D eigenvalue weighted by Crippen LogP contribution is 2.33. The van der Waals surface area contributed by atoms with E-state index in [9.17, 15) is 4.79 Å². The summed E-state index contributed by atoms with van der Waals surface area (Å²) >= 11 is 0. The number of rotatable bonds is 4. The summed E-state index contributed by atoms with van der Waals surface area (Å²) in [4.78, 5) is 16.4. The fourth-order valence-electron chi connectivity index (χ4n) is 2.31. The zero-order valence-electron chi connectivity index (χ0n) is 11.6. The highest BCUT2D eigenvalue weighted by Gasteiger charge is 2.28. The molecule has 0 saturated heterocycles. The third kappa shape index (κ3) is 2.81. The molecule has 1 aromatic carbocycles. The van der Waals surface area contributed by atoms with Crippen LogP contribution in [0.1, 0.15) is 24.8 Å². The van der Waals surface area contributed by atoms with Gasteiger partial charge < -0.3 is 9.47 Å². The first-order valence-corrected chi connectivity index (χ1v) is 6.85. The molecule has 2 N–H and O–H groups in total. The quantitative estimate of drug-likeness (QED) is 0.894. The number of amides is 1. The van der Waals surface area contributed by atoms with Gasteiger partial charge in [-0.1, -0.05) is 18.2 Å². The van der Waals surface area contributed by atoms with Crippen molar-refractivity contribution in [2.24, 2.45) is 0 Å². The van der Waals surface area contributed by atoms with Crippen molar-refractivity contribution in [2.45, 2.75) is 19.3 Å². The summed E-state index contributed by atoms with van der Waals surface area (Å²) in [6.07, 6.45) is 0.634. The summed E-state index contributed by atoms with van der Waals surface area (Å²) in [6.45, 7) is 2.84. The number of hydrogen-bond donors (Lipinski definition) is 2. The molecule has 2 heterocycles. The number of benzene rings is 1. The van der Waals surface area contributed by atoms with E-state index < -0.39 is 0 Å². The lowest BCUT2D eigenvalue weighted by Gasteiger charge is -2.24. The maximum Gasteiger partial charge on any atom is 0.337 e. The zero-order chi connectivity index (χ0) is 14.7. The minimum Gasteiger partial charge on any atom is -0.493 e. The van der Waals surface area contributed by atoms with E-state index in [1.807, 2.05) is 31.2 Å². The van der Waals surface area contributed by atoms with Gasteiger partial charge in [0.1, 0.15) is 5.75 Å². The van der Waals surface area contributed by atoms with E-state index in [4.69, 9.17) is 9.47 Å². The van der Waals surface area contributed by atoms with Crippen LogP contribution < -0.4 is 14.8 Å². The Kier molecular flexibility index (Phi) is 3.72. The number of carbonyl (C=O) groups is 1. The lowest BCUT2D eigenvalue weighted by atomic mass is 9.92. The summed E-state index contributed by atoms with van der Waals surface area (Å²) in [5, 5.41) is 9.21. The molecule has 1 aliphatic heterocycles. The molecular weight excluding hydrogens is 272 g/mol. The summed E-state index contributed by atoms with van der Waals surface area (Å²) in [5.74, 6) is 0.657. The first-order valence-electron chi connectivity index (χ1n) is 6.85. The molecule has 110 valence electrons. The van der Waals surface area contributed by atoms with Gasteiger partial charge in [-0.15, -0.1) is 5.10 Å². The second kappa shape index (κ2) is 5.82. The molecule has 1 atom stereocenters. The fourth-order valence-corrected chi connectivity index (χ4v) is 2.31. The van der Waals surface area contributed by atoms with E-state index in [2.05, 4.69) is 20.5 Å². The largest absolute Gasteiger partial charge is 0.493 e. The maximum absolute atomic E-state index is 12.4. The third-order valence-corrected chi connectivity index (χ3v) is 3.25. The monoisotopic (exact) mass is 288 g/mol. The number of fused-ring (bicyclic) bond motifs is 1. The molecule has 0 saturated carbocycles. The Hall–Kier alpha value is -2.57. The molecule has 21 heavy (non-hydrogen) atoms. The standard InChI is InChI=1S/C14H16N4O3/c1-2-20-14-16-13(17-18-14)15-12(19)10-7-8-21-11-6-4-3-5-9(10)11/h3-6,10H,2,7-8H2,1H3,(H2,15,16,17,18,19). The second-order valence-electron chi connectivity index (χ2n) is 4.62. The van der Waals surface area contributed by atoms with E-state index in [1.54, 1.807) is 0 Å². The number of H-pyrrole nitrogens is 1. The van der Waals surface area contributed by atoms with Crippen LogP contribution in [0, 0.1) is 0 Å². The molecule has 0 aliphatic carbocycles. The number of anilines is 1. The van der Waals surface area contributed by atoms with Crippen molar-refractivity contribution in [3.05, 3.63) is 29.8 Å². The number of aromatic amines is 1. The van der Waals surface area contributed by atoms with E-state index in [0.29, 0.717) is 19.6 Å². The van der Waals surface area contributed by atoms with Crippen molar-refractivity contribution in [1.82, 2.24) is 15.2 Å². The van der Waals surface area contributed by atoms with Crippen LogP contribution in [0.25, 0.3) is 0 Å². The highest BCUT2D eigenvalue weighted by molar-refractivity contribution is 5.95. The average molecular weight is 288 g/mol. The van der Waals surface area contributed by atoms with E-state index >= 15 is 0 Å². The molecule has 0 fully saturated rings. The van der Waals surface area contributed by atoms with Gasteiger partial charge in [-0.2, -0.15) is 4.98 Å². The minimum absolute atomic E-state index is 0.134. The van der Waals surface area contributed by atoms with Crippen LogP contribution in [0.15, 0.2) is 24.3 Å². The van der Waals surface area contributed by atoms with Gasteiger partial charge in [0.15, 0.2) is 0 Å². The summed E-state index contributed by atoms with van der Waals surface area (Å²) < 4.78 is 10.7. The molecule has 7 heteroatoms. The molecule has 1 aliphatic rings. The SMILES string of the molecule is CCOc1n[nH]c(NC(=O)C2CCOc3ccccc32)n1. The smallest absolute Gasteiger partial charge is 0.337 e. The van der Waals surface area contributed by atoms with Crippen molar-refractivity contribution >= 4 is 11.9 Å². The molecule has 0 bridgehead atoms. The van der Waals surface area contributed by atoms with E-state index in [1.165, 1.54) is 0 Å². The van der Waals surface area contributed by atoms with Gasteiger partial charge in [-0.3, -0.25) is 10.1 Å². The number of ether oxygens (including phenoxy) is 2. The Labute approximate surface area is 121 Å². The molecular formula is C14H16N4O3. The minimum atomic E-state index is -0.254. The lowest BCUT2D eigenvalue weighted by molar-refractivity contribution is -0.118. The Bertz CT molecular complexity index is 641. The normalized spacial score (nSPS) is 16.7. The van der Waals surface area contributed by atoms with Crippen LogP contribution in [-0.4, -0.2) is 34.3 Å². The molecule has 2 aromatic rings. The van der Waals surface area contributed by atoms with Crippen LogP contribution in [0.2, 0.25) is 0 Å². The van der Waals surface area contributed by atoms with Crippen molar-refractivity contribution in [3.63, 3.8) is 0 Å². The van der Waals surface area contributed by atoms with Gasteiger partial charge in [-0.05, 0) is 19.4 Å². The van der Waals surface area contributed by atoms with E-state index in [-0.39, 0.29) is 23.8 Å². The topological polar surface area (TPSA) is 89.1 Å². The number of hydrogen-bond acceptors (Lipinski definition) is 5. The van der Waals surface area contributed by atoms with Crippen LogP contribution in [0.5, 0.6) is 11.8 Å². The molecule has 0 spiro atoms. The second-order valence-corrected chi connectivity index (χ2v) is 4.62. The average Bonchev–Trinajstić information content (AvgIpc) is 2.94. The predicted octanol–water partition coefficient (Wildman–Crippen LogP) is 1.71. The van der Waals surface area contributed by atoms with Gasteiger partial charge in [0.05, 0.1) is 19.1 Å². The Morgan fingerprint density at radius 3 is 3.24 bits per heavy atom. The molecule has 1 unspecified atom stereocenters. The predicted molar refractivity (Wildman–Crippen MR) is 75.5 cm³/mol. The van der Waals surface area contributed by atoms with Crippen molar-refractivity contribution < 1.29 is 14.3 Å².